The van der Waals surface area contributed by atoms with Gasteiger partial charge in [0.1, 0.15) is 5.82 Å². The van der Waals surface area contributed by atoms with Gasteiger partial charge < -0.3 is 4.90 Å². The molecule has 142 valence electrons. The van der Waals surface area contributed by atoms with Gasteiger partial charge in [-0.05, 0) is 48.9 Å². The maximum atomic E-state index is 13.8. The van der Waals surface area contributed by atoms with Crippen molar-refractivity contribution in [2.75, 3.05) is 0 Å². The third-order valence-electron chi connectivity index (χ3n) is 5.48. The maximum absolute atomic E-state index is 13.8. The smallest absolute Gasteiger partial charge is 0.255 e. The van der Waals surface area contributed by atoms with E-state index in [0.29, 0.717) is 23.4 Å². The van der Waals surface area contributed by atoms with Gasteiger partial charge in [-0.2, -0.15) is 0 Å². The lowest BCUT2D eigenvalue weighted by atomic mass is 10.00. The van der Waals surface area contributed by atoms with E-state index in [9.17, 15) is 9.18 Å². The average molecular weight is 383 g/mol. The van der Waals surface area contributed by atoms with Crippen LogP contribution in [0.3, 0.4) is 0 Å². The third kappa shape index (κ3) is 2.95. The third-order valence-corrected chi connectivity index (χ3v) is 5.48. The van der Waals surface area contributed by atoms with Crippen LogP contribution in [-0.2, 0) is 6.54 Å². The standard InChI is InChI=1S/C24H18FN3O/c1-15(28-14-17-6-2-3-7-19(17)24(28)29)20-12-16-9-10-18(25)13-22(16)27-23(20)21-8-4-5-11-26-21/h2-13,15H,14H2,1H3. The summed E-state index contributed by atoms with van der Waals surface area (Å²) in [6.07, 6.45) is 1.71. The average Bonchev–Trinajstić information content (AvgIpc) is 3.09. The summed E-state index contributed by atoms with van der Waals surface area (Å²) in [6, 6.07) is 19.7. The van der Waals surface area contributed by atoms with E-state index < -0.39 is 0 Å². The van der Waals surface area contributed by atoms with E-state index in [2.05, 4.69) is 4.98 Å². The summed E-state index contributed by atoms with van der Waals surface area (Å²) < 4.78 is 13.8. The Morgan fingerprint density at radius 2 is 1.86 bits per heavy atom. The number of hydrogen-bond donors (Lipinski definition) is 0. The Labute approximate surface area is 167 Å². The molecular weight excluding hydrogens is 365 g/mol. The van der Waals surface area contributed by atoms with Gasteiger partial charge in [-0.15, -0.1) is 0 Å². The van der Waals surface area contributed by atoms with Crippen molar-refractivity contribution in [3.63, 3.8) is 0 Å². The number of nitrogens with zero attached hydrogens (tertiary/aromatic N) is 3. The summed E-state index contributed by atoms with van der Waals surface area (Å²) in [6.45, 7) is 2.56. The van der Waals surface area contributed by atoms with E-state index in [0.717, 1.165) is 22.1 Å². The van der Waals surface area contributed by atoms with Crippen LogP contribution in [0.4, 0.5) is 4.39 Å². The molecule has 0 fully saturated rings. The molecule has 0 bridgehead atoms. The summed E-state index contributed by atoms with van der Waals surface area (Å²) in [5.74, 6) is -0.317. The Morgan fingerprint density at radius 1 is 1.03 bits per heavy atom. The van der Waals surface area contributed by atoms with Crippen molar-refractivity contribution in [2.45, 2.75) is 19.5 Å². The lowest BCUT2D eigenvalue weighted by Gasteiger charge is -2.26. The number of rotatable bonds is 3. The van der Waals surface area contributed by atoms with Crippen LogP contribution in [0.5, 0.6) is 0 Å². The van der Waals surface area contributed by atoms with Crippen LogP contribution in [0.2, 0.25) is 0 Å². The fourth-order valence-corrected chi connectivity index (χ4v) is 3.94. The van der Waals surface area contributed by atoms with Crippen molar-refractivity contribution in [1.29, 1.82) is 0 Å². The van der Waals surface area contributed by atoms with Crippen LogP contribution >= 0.6 is 0 Å². The largest absolute Gasteiger partial charge is 0.327 e. The van der Waals surface area contributed by atoms with Gasteiger partial charge in [0, 0.05) is 35.3 Å². The molecular formula is C24H18FN3O. The molecule has 0 saturated heterocycles. The van der Waals surface area contributed by atoms with Crippen molar-refractivity contribution < 1.29 is 9.18 Å². The fourth-order valence-electron chi connectivity index (χ4n) is 3.94. The minimum Gasteiger partial charge on any atom is -0.327 e. The van der Waals surface area contributed by atoms with Crippen molar-refractivity contribution in [3.8, 4) is 11.4 Å². The summed E-state index contributed by atoms with van der Waals surface area (Å²) in [7, 11) is 0. The second-order valence-corrected chi connectivity index (χ2v) is 7.24. The van der Waals surface area contributed by atoms with Gasteiger partial charge in [-0.1, -0.05) is 24.3 Å². The molecule has 0 aliphatic carbocycles. The van der Waals surface area contributed by atoms with E-state index in [1.54, 1.807) is 12.3 Å². The van der Waals surface area contributed by atoms with Crippen molar-refractivity contribution in [1.82, 2.24) is 14.9 Å². The second kappa shape index (κ2) is 6.78. The zero-order chi connectivity index (χ0) is 20.0. The Bertz CT molecular complexity index is 1240. The molecule has 5 rings (SSSR count). The highest BCUT2D eigenvalue weighted by atomic mass is 19.1. The first-order chi connectivity index (χ1) is 14.1. The van der Waals surface area contributed by atoms with Crippen molar-refractivity contribution in [2.24, 2.45) is 0 Å². The SMILES string of the molecule is CC(c1cc2ccc(F)cc2nc1-c1ccccn1)N1Cc2ccccc2C1=O. The number of pyridine rings is 2. The molecule has 3 heterocycles. The van der Waals surface area contributed by atoms with Crippen LogP contribution in [0.15, 0.2) is 72.9 Å². The Kier molecular flexibility index (Phi) is 4.09. The highest BCUT2D eigenvalue weighted by Crippen LogP contribution is 2.36. The highest BCUT2D eigenvalue weighted by Gasteiger charge is 2.32. The lowest BCUT2D eigenvalue weighted by Crippen LogP contribution is -2.28. The van der Waals surface area contributed by atoms with Gasteiger partial charge in [0.05, 0.1) is 22.9 Å². The predicted octanol–water partition coefficient (Wildman–Crippen LogP) is 5.15. The van der Waals surface area contributed by atoms with Gasteiger partial charge in [-0.3, -0.25) is 9.78 Å². The number of hydrogen-bond acceptors (Lipinski definition) is 3. The molecule has 0 radical (unpaired) electrons. The zero-order valence-corrected chi connectivity index (χ0v) is 15.8. The van der Waals surface area contributed by atoms with Crippen LogP contribution in [-0.4, -0.2) is 20.8 Å². The van der Waals surface area contributed by atoms with E-state index >= 15 is 0 Å². The summed E-state index contributed by atoms with van der Waals surface area (Å²) in [5, 5.41) is 0.831. The Hall–Kier alpha value is -3.60. The van der Waals surface area contributed by atoms with Crippen molar-refractivity contribution >= 4 is 16.8 Å². The summed E-state index contributed by atoms with van der Waals surface area (Å²) in [5.41, 5.74) is 4.60. The van der Waals surface area contributed by atoms with Crippen molar-refractivity contribution in [3.05, 3.63) is 95.4 Å². The van der Waals surface area contributed by atoms with Crippen LogP contribution < -0.4 is 0 Å². The number of benzene rings is 2. The van der Waals surface area contributed by atoms with E-state index in [4.69, 9.17) is 4.98 Å². The highest BCUT2D eigenvalue weighted by molar-refractivity contribution is 5.98. The summed E-state index contributed by atoms with van der Waals surface area (Å²) in [4.78, 5) is 24.0. The minimum absolute atomic E-state index is 0.0132. The molecule has 4 nitrogen and oxygen atoms in total. The molecule has 2 aromatic carbocycles. The molecule has 0 N–H and O–H groups in total. The number of fused-ring (bicyclic) bond motifs is 2. The zero-order valence-electron chi connectivity index (χ0n) is 15.8. The van der Waals surface area contributed by atoms with E-state index in [1.807, 2.05) is 60.4 Å². The molecule has 1 aliphatic heterocycles. The van der Waals surface area contributed by atoms with E-state index in [1.165, 1.54) is 12.1 Å². The van der Waals surface area contributed by atoms with Crippen LogP contribution in [0, 0.1) is 5.82 Å². The van der Waals surface area contributed by atoms with Gasteiger partial charge in [0.25, 0.3) is 5.91 Å². The quantitative estimate of drug-likeness (QED) is 0.491. The van der Waals surface area contributed by atoms with E-state index in [-0.39, 0.29) is 17.8 Å². The van der Waals surface area contributed by atoms with Crippen LogP contribution in [0.25, 0.3) is 22.3 Å². The monoisotopic (exact) mass is 383 g/mol. The first-order valence-electron chi connectivity index (χ1n) is 9.52. The van der Waals surface area contributed by atoms with Gasteiger partial charge >= 0.3 is 0 Å². The molecule has 0 saturated carbocycles. The normalized spacial score (nSPS) is 14.3. The lowest BCUT2D eigenvalue weighted by molar-refractivity contribution is 0.0716. The Balaban J connectivity index is 1.66. The summed E-state index contributed by atoms with van der Waals surface area (Å²) >= 11 is 0. The molecule has 1 amide bonds. The molecule has 4 aromatic rings. The molecule has 2 aromatic heterocycles. The van der Waals surface area contributed by atoms with Gasteiger partial charge in [-0.25, -0.2) is 9.37 Å². The van der Waals surface area contributed by atoms with Crippen LogP contribution in [0.1, 0.15) is 34.5 Å². The molecule has 1 atom stereocenters. The number of carbonyl (C=O) groups is 1. The molecule has 1 aliphatic rings. The molecule has 1 unspecified atom stereocenters. The van der Waals surface area contributed by atoms with Gasteiger partial charge in [0.15, 0.2) is 0 Å². The second-order valence-electron chi connectivity index (χ2n) is 7.24. The van der Waals surface area contributed by atoms with Gasteiger partial charge in [0.2, 0.25) is 0 Å². The Morgan fingerprint density at radius 3 is 2.66 bits per heavy atom. The molecule has 0 spiro atoms. The number of amides is 1. The predicted molar refractivity (Wildman–Crippen MR) is 110 cm³/mol. The number of aromatic nitrogens is 2. The first kappa shape index (κ1) is 17.5. The number of carbonyl (C=O) groups excluding carboxylic acids is 1. The first-order valence-corrected chi connectivity index (χ1v) is 9.52. The topological polar surface area (TPSA) is 46.1 Å². The minimum atomic E-state index is -0.331. The molecule has 29 heavy (non-hydrogen) atoms. The maximum Gasteiger partial charge on any atom is 0.255 e. The number of halogens is 1. The fraction of sp³-hybridized carbons (Fsp3) is 0.125. The molecule has 5 heteroatoms.